The summed E-state index contributed by atoms with van der Waals surface area (Å²) in [7, 11) is 0. The zero-order chi connectivity index (χ0) is 28.4. The van der Waals surface area contributed by atoms with Gasteiger partial charge < -0.3 is 14.6 Å². The lowest BCUT2D eigenvalue weighted by atomic mass is 9.92. The zero-order valence-electron chi connectivity index (χ0n) is 21.7. The van der Waals surface area contributed by atoms with E-state index < -0.39 is 35.0 Å². The van der Waals surface area contributed by atoms with Gasteiger partial charge in [0.15, 0.2) is 0 Å². The van der Waals surface area contributed by atoms with Crippen molar-refractivity contribution in [2.24, 2.45) is 5.92 Å². The number of nitrogens with zero attached hydrogens (tertiary/aromatic N) is 1. The molecule has 2 fully saturated rings. The summed E-state index contributed by atoms with van der Waals surface area (Å²) in [6, 6.07) is 10.7. The van der Waals surface area contributed by atoms with Crippen LogP contribution in [0.25, 0.3) is 11.3 Å². The number of hydrogen-bond acceptors (Lipinski definition) is 2. The fourth-order valence-electron chi connectivity index (χ4n) is 6.50. The highest BCUT2D eigenvalue weighted by Crippen LogP contribution is 2.54. The molecular formula is C30H28F6N2O2. The lowest BCUT2D eigenvalue weighted by molar-refractivity contribution is -0.141. The van der Waals surface area contributed by atoms with Crippen LogP contribution >= 0.6 is 0 Å². The van der Waals surface area contributed by atoms with E-state index in [-0.39, 0.29) is 41.8 Å². The second-order valence-electron chi connectivity index (χ2n) is 11.0. The van der Waals surface area contributed by atoms with Crippen molar-refractivity contribution in [2.45, 2.75) is 69.6 Å². The third kappa shape index (κ3) is 4.80. The smallest absolute Gasteiger partial charge is 0.376 e. The van der Waals surface area contributed by atoms with E-state index in [1.54, 1.807) is 6.92 Å². The highest BCUT2D eigenvalue weighted by atomic mass is 19.4. The van der Waals surface area contributed by atoms with Gasteiger partial charge in [-0.3, -0.25) is 4.79 Å². The first-order chi connectivity index (χ1) is 18.9. The van der Waals surface area contributed by atoms with Crippen LogP contribution < -0.4 is 5.32 Å². The van der Waals surface area contributed by atoms with Crippen molar-refractivity contribution in [1.29, 1.82) is 0 Å². The average molecular weight is 563 g/mol. The number of carbonyl (C=O) groups is 1. The quantitative estimate of drug-likeness (QED) is 0.336. The summed E-state index contributed by atoms with van der Waals surface area (Å²) in [5.74, 6) is 0.0260. The summed E-state index contributed by atoms with van der Waals surface area (Å²) in [6.45, 7) is 2.24. The molecular weight excluding hydrogens is 534 g/mol. The molecule has 0 radical (unpaired) electrons. The van der Waals surface area contributed by atoms with Gasteiger partial charge in [-0.05, 0) is 73.9 Å². The summed E-state index contributed by atoms with van der Waals surface area (Å²) in [5, 5.41) is 3.07. The Morgan fingerprint density at radius 1 is 1.02 bits per heavy atom. The molecule has 2 aliphatic carbocycles. The average Bonchev–Trinajstić information content (AvgIpc) is 3.19. The number of carbonyl (C=O) groups excluding carboxylic acids is 1. The van der Waals surface area contributed by atoms with Crippen molar-refractivity contribution in [1.82, 2.24) is 9.88 Å². The topological polar surface area (TPSA) is 43.3 Å². The van der Waals surface area contributed by atoms with Gasteiger partial charge in [0, 0.05) is 42.1 Å². The van der Waals surface area contributed by atoms with Crippen molar-refractivity contribution >= 4 is 5.91 Å². The van der Waals surface area contributed by atoms with E-state index in [0.29, 0.717) is 36.9 Å². The SMILES string of the molecule is Cc1c(C(=O)NC2C3CCc4ccccc4C32)cc(-c2cc(C(F)(F)F)ccc2C(F)(F)F)n1C[C@H]1CCCO1. The Morgan fingerprint density at radius 3 is 2.50 bits per heavy atom. The van der Waals surface area contributed by atoms with Crippen LogP contribution in [-0.2, 0) is 30.1 Å². The minimum absolute atomic E-state index is 0.0878. The fourth-order valence-corrected chi connectivity index (χ4v) is 6.50. The number of alkyl halides is 6. The molecule has 1 saturated heterocycles. The molecule has 1 saturated carbocycles. The molecule has 3 unspecified atom stereocenters. The molecule has 10 heteroatoms. The van der Waals surface area contributed by atoms with Crippen LogP contribution in [0.2, 0.25) is 0 Å². The van der Waals surface area contributed by atoms with Gasteiger partial charge in [0.25, 0.3) is 5.91 Å². The molecule has 1 aliphatic heterocycles. The molecule has 1 N–H and O–H groups in total. The molecule has 3 aromatic rings. The standard InChI is InChI=1S/C30H28F6N2O2/c1-16-22(28(39)37-27-21-10-8-17-5-2-3-7-20(17)26(21)27)14-25(38(16)15-19-6-4-12-40-19)23-13-18(29(31,32)33)9-11-24(23)30(34,35)36/h2-3,5,7,9,11,13-14,19,21,26-27H,4,6,8,10,12,15H2,1H3,(H,37,39)/t19-,21?,26?,27?/m1/s1. The van der Waals surface area contributed by atoms with Crippen molar-refractivity contribution in [2.75, 3.05) is 6.61 Å². The summed E-state index contributed by atoms with van der Waals surface area (Å²) in [6.07, 6.45) is -6.76. The number of amides is 1. The van der Waals surface area contributed by atoms with E-state index in [0.717, 1.165) is 19.3 Å². The molecule has 6 rings (SSSR count). The first-order valence-electron chi connectivity index (χ1n) is 13.4. The van der Waals surface area contributed by atoms with Crippen molar-refractivity contribution in [3.63, 3.8) is 0 Å². The van der Waals surface area contributed by atoms with E-state index in [1.807, 2.05) is 12.1 Å². The summed E-state index contributed by atoms with van der Waals surface area (Å²) < 4.78 is 90.1. The fraction of sp³-hybridized carbons (Fsp3) is 0.433. The van der Waals surface area contributed by atoms with Gasteiger partial charge in [-0.25, -0.2) is 0 Å². The van der Waals surface area contributed by atoms with E-state index in [1.165, 1.54) is 21.8 Å². The molecule has 4 atom stereocenters. The Labute approximate surface area is 227 Å². The Morgan fingerprint density at radius 2 is 1.80 bits per heavy atom. The van der Waals surface area contributed by atoms with Gasteiger partial charge in [-0.15, -0.1) is 0 Å². The third-order valence-corrected chi connectivity index (χ3v) is 8.58. The second-order valence-corrected chi connectivity index (χ2v) is 11.0. The van der Waals surface area contributed by atoms with Gasteiger partial charge in [0.2, 0.25) is 0 Å². The number of fused-ring (bicyclic) bond motifs is 3. The first kappa shape index (κ1) is 26.9. The van der Waals surface area contributed by atoms with Gasteiger partial charge in [0.1, 0.15) is 0 Å². The van der Waals surface area contributed by atoms with Crippen LogP contribution in [-0.4, -0.2) is 29.2 Å². The zero-order valence-corrected chi connectivity index (χ0v) is 21.7. The number of ether oxygens (including phenoxy) is 1. The molecule has 40 heavy (non-hydrogen) atoms. The van der Waals surface area contributed by atoms with Gasteiger partial charge >= 0.3 is 12.4 Å². The molecule has 1 amide bonds. The van der Waals surface area contributed by atoms with E-state index in [9.17, 15) is 31.1 Å². The van der Waals surface area contributed by atoms with Crippen LogP contribution in [0.1, 0.15) is 63.5 Å². The number of halogens is 6. The number of rotatable bonds is 5. The number of hydrogen-bond donors (Lipinski definition) is 1. The van der Waals surface area contributed by atoms with E-state index in [4.69, 9.17) is 4.74 Å². The number of benzene rings is 2. The van der Waals surface area contributed by atoms with Crippen LogP contribution in [0, 0.1) is 12.8 Å². The molecule has 2 heterocycles. The largest absolute Gasteiger partial charge is 0.417 e. The van der Waals surface area contributed by atoms with Crippen molar-refractivity contribution in [3.8, 4) is 11.3 Å². The minimum Gasteiger partial charge on any atom is -0.376 e. The number of aryl methyl sites for hydroxylation is 1. The highest BCUT2D eigenvalue weighted by molar-refractivity contribution is 5.97. The molecule has 1 aromatic heterocycles. The van der Waals surface area contributed by atoms with Crippen LogP contribution in [0.15, 0.2) is 48.5 Å². The lowest BCUT2D eigenvalue weighted by Gasteiger charge is -2.20. The maximum atomic E-state index is 14.0. The Kier molecular flexibility index (Phi) is 6.52. The maximum Gasteiger partial charge on any atom is 0.417 e. The Hall–Kier alpha value is -3.27. The predicted molar refractivity (Wildman–Crippen MR) is 136 cm³/mol. The molecule has 3 aliphatic rings. The minimum atomic E-state index is -4.90. The third-order valence-electron chi connectivity index (χ3n) is 8.58. The lowest BCUT2D eigenvalue weighted by Crippen LogP contribution is -2.28. The normalized spacial score (nSPS) is 24.0. The summed E-state index contributed by atoms with van der Waals surface area (Å²) in [5.41, 5.74) is -0.0881. The van der Waals surface area contributed by atoms with Crippen LogP contribution in [0.5, 0.6) is 0 Å². The second kappa shape index (κ2) is 9.68. The van der Waals surface area contributed by atoms with Gasteiger partial charge in [0.05, 0.1) is 22.8 Å². The van der Waals surface area contributed by atoms with Crippen LogP contribution in [0.3, 0.4) is 0 Å². The van der Waals surface area contributed by atoms with Crippen LogP contribution in [0.4, 0.5) is 26.3 Å². The Balaban J connectivity index is 1.39. The highest BCUT2D eigenvalue weighted by Gasteiger charge is 2.54. The molecule has 4 nitrogen and oxygen atoms in total. The van der Waals surface area contributed by atoms with E-state index in [2.05, 4.69) is 17.4 Å². The Bertz CT molecular complexity index is 1450. The first-order valence-corrected chi connectivity index (χ1v) is 13.4. The number of aromatic nitrogens is 1. The molecule has 2 aromatic carbocycles. The number of nitrogens with one attached hydrogen (secondary N) is 1. The monoisotopic (exact) mass is 562 g/mol. The van der Waals surface area contributed by atoms with Gasteiger partial charge in [-0.1, -0.05) is 24.3 Å². The van der Waals surface area contributed by atoms with Crippen molar-refractivity contribution < 1.29 is 35.9 Å². The molecule has 0 spiro atoms. The summed E-state index contributed by atoms with van der Waals surface area (Å²) >= 11 is 0. The maximum absolute atomic E-state index is 14.0. The van der Waals surface area contributed by atoms with Crippen molar-refractivity contribution in [3.05, 3.63) is 82.0 Å². The predicted octanol–water partition coefficient (Wildman–Crippen LogP) is 7.14. The summed E-state index contributed by atoms with van der Waals surface area (Å²) in [4.78, 5) is 13.6. The van der Waals surface area contributed by atoms with Gasteiger partial charge in [-0.2, -0.15) is 26.3 Å². The molecule has 212 valence electrons. The molecule has 0 bridgehead atoms. The van der Waals surface area contributed by atoms with E-state index >= 15 is 0 Å².